The number of hydrogen-bond donors (Lipinski definition) is 1. The molecule has 0 radical (unpaired) electrons. The molecule has 0 spiro atoms. The fraction of sp³-hybridized carbons (Fsp3) is 0.455. The standard InChI is InChI=1S/C11H13F2NO/c12-8-3-4-9(14)11(10(8)13)15-6-5-7-1-2-7/h3-4,7H,1-2,5-6,14H2. The zero-order valence-corrected chi connectivity index (χ0v) is 8.30. The number of nitrogens with two attached hydrogens (primary N) is 1. The molecule has 0 atom stereocenters. The largest absolute Gasteiger partial charge is 0.488 e. The van der Waals surface area contributed by atoms with Crippen molar-refractivity contribution >= 4 is 5.69 Å². The Hall–Kier alpha value is -1.32. The maximum atomic E-state index is 13.2. The molecule has 0 heterocycles. The predicted molar refractivity (Wildman–Crippen MR) is 53.6 cm³/mol. The molecule has 0 aromatic heterocycles. The molecule has 0 unspecified atom stereocenters. The topological polar surface area (TPSA) is 35.2 Å². The summed E-state index contributed by atoms with van der Waals surface area (Å²) in [7, 11) is 0. The average molecular weight is 213 g/mol. The molecule has 0 amide bonds. The summed E-state index contributed by atoms with van der Waals surface area (Å²) in [4.78, 5) is 0. The Morgan fingerprint density at radius 3 is 2.73 bits per heavy atom. The molecule has 2 N–H and O–H groups in total. The lowest BCUT2D eigenvalue weighted by Gasteiger charge is -2.09. The second kappa shape index (κ2) is 4.04. The van der Waals surface area contributed by atoms with Gasteiger partial charge < -0.3 is 10.5 Å². The molecule has 1 aromatic carbocycles. The Bertz CT molecular complexity index is 364. The summed E-state index contributed by atoms with van der Waals surface area (Å²) >= 11 is 0. The van der Waals surface area contributed by atoms with Gasteiger partial charge in [-0.3, -0.25) is 0 Å². The number of nitrogen functional groups attached to an aromatic ring is 1. The van der Waals surface area contributed by atoms with Gasteiger partial charge in [0.05, 0.1) is 12.3 Å². The molecule has 15 heavy (non-hydrogen) atoms. The highest BCUT2D eigenvalue weighted by atomic mass is 19.2. The monoisotopic (exact) mass is 213 g/mol. The van der Waals surface area contributed by atoms with Gasteiger partial charge in [0.2, 0.25) is 5.82 Å². The smallest absolute Gasteiger partial charge is 0.202 e. The van der Waals surface area contributed by atoms with Crippen LogP contribution in [0.5, 0.6) is 5.75 Å². The predicted octanol–water partition coefficient (Wildman–Crippen LogP) is 2.73. The van der Waals surface area contributed by atoms with E-state index in [0.717, 1.165) is 12.5 Å². The Morgan fingerprint density at radius 1 is 1.33 bits per heavy atom. The molecule has 2 rings (SSSR count). The Morgan fingerprint density at radius 2 is 2.07 bits per heavy atom. The quantitative estimate of drug-likeness (QED) is 0.780. The first kappa shape index (κ1) is 10.2. The molecule has 1 aliphatic carbocycles. The van der Waals surface area contributed by atoms with Crippen molar-refractivity contribution in [1.82, 2.24) is 0 Å². The molecular formula is C11H13F2NO. The lowest BCUT2D eigenvalue weighted by Crippen LogP contribution is -2.04. The molecule has 1 fully saturated rings. The maximum absolute atomic E-state index is 13.2. The molecule has 1 aliphatic rings. The number of hydrogen-bond acceptors (Lipinski definition) is 2. The third-order valence-electron chi connectivity index (χ3n) is 2.55. The third kappa shape index (κ3) is 2.37. The Labute approximate surface area is 87.0 Å². The van der Waals surface area contributed by atoms with Crippen molar-refractivity contribution in [2.45, 2.75) is 19.3 Å². The van der Waals surface area contributed by atoms with Crippen LogP contribution in [0.3, 0.4) is 0 Å². The highest BCUT2D eigenvalue weighted by molar-refractivity contribution is 5.53. The molecule has 1 saturated carbocycles. The van der Waals surface area contributed by atoms with Gasteiger partial charge in [-0.25, -0.2) is 4.39 Å². The van der Waals surface area contributed by atoms with E-state index in [1.807, 2.05) is 0 Å². The second-order valence-corrected chi connectivity index (χ2v) is 3.86. The van der Waals surface area contributed by atoms with E-state index in [4.69, 9.17) is 10.5 Å². The second-order valence-electron chi connectivity index (χ2n) is 3.86. The zero-order chi connectivity index (χ0) is 10.8. The van der Waals surface area contributed by atoms with Crippen LogP contribution < -0.4 is 10.5 Å². The van der Waals surface area contributed by atoms with Crippen LogP contribution in [0.4, 0.5) is 14.5 Å². The van der Waals surface area contributed by atoms with E-state index in [1.54, 1.807) is 0 Å². The van der Waals surface area contributed by atoms with Crippen molar-refractivity contribution in [3.8, 4) is 5.75 Å². The highest BCUT2D eigenvalue weighted by Crippen LogP contribution is 2.33. The summed E-state index contributed by atoms with van der Waals surface area (Å²) in [5.74, 6) is -1.38. The first-order valence-corrected chi connectivity index (χ1v) is 5.04. The van der Waals surface area contributed by atoms with Gasteiger partial charge in [-0.2, -0.15) is 4.39 Å². The first-order valence-electron chi connectivity index (χ1n) is 5.04. The summed E-state index contributed by atoms with van der Waals surface area (Å²) in [6, 6.07) is 2.31. The third-order valence-corrected chi connectivity index (χ3v) is 2.55. The minimum atomic E-state index is -0.995. The van der Waals surface area contributed by atoms with E-state index in [0.29, 0.717) is 12.5 Å². The average Bonchev–Trinajstić information content (AvgIpc) is 3.01. The van der Waals surface area contributed by atoms with Gasteiger partial charge in [-0.1, -0.05) is 12.8 Å². The Balaban J connectivity index is 2.01. The zero-order valence-electron chi connectivity index (χ0n) is 8.30. The van der Waals surface area contributed by atoms with Gasteiger partial charge >= 0.3 is 0 Å². The number of ether oxygens (including phenoxy) is 1. The highest BCUT2D eigenvalue weighted by Gasteiger charge is 2.21. The number of anilines is 1. The minimum absolute atomic E-state index is 0.143. The van der Waals surface area contributed by atoms with Gasteiger partial charge in [0.1, 0.15) is 0 Å². The lowest BCUT2D eigenvalue weighted by molar-refractivity contribution is 0.285. The van der Waals surface area contributed by atoms with Crippen LogP contribution in [0.15, 0.2) is 12.1 Å². The number of benzene rings is 1. The minimum Gasteiger partial charge on any atom is -0.488 e. The van der Waals surface area contributed by atoms with Crippen molar-refractivity contribution in [1.29, 1.82) is 0 Å². The summed E-state index contributed by atoms with van der Waals surface area (Å²) < 4.78 is 31.2. The van der Waals surface area contributed by atoms with Gasteiger partial charge in [0, 0.05) is 0 Å². The van der Waals surface area contributed by atoms with Crippen LogP contribution in [0.2, 0.25) is 0 Å². The van der Waals surface area contributed by atoms with Gasteiger partial charge in [0.15, 0.2) is 11.6 Å². The number of rotatable bonds is 4. The molecule has 4 heteroatoms. The van der Waals surface area contributed by atoms with Crippen molar-refractivity contribution < 1.29 is 13.5 Å². The maximum Gasteiger partial charge on any atom is 0.202 e. The molecule has 1 aromatic rings. The molecular weight excluding hydrogens is 200 g/mol. The van der Waals surface area contributed by atoms with Crippen LogP contribution in [0.25, 0.3) is 0 Å². The van der Waals surface area contributed by atoms with Gasteiger partial charge in [0.25, 0.3) is 0 Å². The normalized spacial score (nSPS) is 15.3. The summed E-state index contributed by atoms with van der Waals surface area (Å²) in [6.45, 7) is 0.398. The van der Waals surface area contributed by atoms with Crippen LogP contribution in [-0.2, 0) is 0 Å². The van der Waals surface area contributed by atoms with Gasteiger partial charge in [-0.15, -0.1) is 0 Å². The van der Waals surface area contributed by atoms with E-state index in [-0.39, 0.29) is 11.4 Å². The molecule has 2 nitrogen and oxygen atoms in total. The van der Waals surface area contributed by atoms with Crippen molar-refractivity contribution in [2.24, 2.45) is 5.92 Å². The summed E-state index contributed by atoms with van der Waals surface area (Å²) in [5.41, 5.74) is 5.63. The van der Waals surface area contributed by atoms with E-state index in [2.05, 4.69) is 0 Å². The van der Waals surface area contributed by atoms with E-state index < -0.39 is 11.6 Å². The van der Waals surface area contributed by atoms with Crippen LogP contribution in [0, 0.1) is 17.6 Å². The fourth-order valence-electron chi connectivity index (χ4n) is 1.43. The first-order chi connectivity index (χ1) is 7.18. The Kier molecular flexibility index (Phi) is 2.75. The number of halogens is 2. The lowest BCUT2D eigenvalue weighted by atomic mass is 10.2. The molecule has 0 aliphatic heterocycles. The van der Waals surface area contributed by atoms with Crippen LogP contribution in [0.1, 0.15) is 19.3 Å². The SMILES string of the molecule is Nc1ccc(F)c(F)c1OCCC1CC1. The van der Waals surface area contributed by atoms with E-state index in [9.17, 15) is 8.78 Å². The molecule has 0 saturated heterocycles. The van der Waals surface area contributed by atoms with Gasteiger partial charge in [-0.05, 0) is 24.5 Å². The fourth-order valence-corrected chi connectivity index (χ4v) is 1.43. The van der Waals surface area contributed by atoms with Crippen molar-refractivity contribution in [3.63, 3.8) is 0 Å². The van der Waals surface area contributed by atoms with Crippen molar-refractivity contribution in [3.05, 3.63) is 23.8 Å². The molecule has 0 bridgehead atoms. The van der Waals surface area contributed by atoms with E-state index in [1.165, 1.54) is 18.9 Å². The summed E-state index contributed by atoms with van der Waals surface area (Å²) in [5, 5.41) is 0. The van der Waals surface area contributed by atoms with Crippen molar-refractivity contribution in [2.75, 3.05) is 12.3 Å². The van der Waals surface area contributed by atoms with Crippen LogP contribution >= 0.6 is 0 Å². The van der Waals surface area contributed by atoms with Crippen LogP contribution in [-0.4, -0.2) is 6.61 Å². The summed E-state index contributed by atoms with van der Waals surface area (Å²) in [6.07, 6.45) is 3.31. The van der Waals surface area contributed by atoms with E-state index >= 15 is 0 Å². The molecule has 82 valence electrons.